The lowest BCUT2D eigenvalue weighted by Gasteiger charge is -2.02. The Morgan fingerprint density at radius 1 is 1.04 bits per heavy atom. The van der Waals surface area contributed by atoms with E-state index in [9.17, 15) is 5.11 Å². The summed E-state index contributed by atoms with van der Waals surface area (Å²) in [5.74, 6) is 0.226. The minimum Gasteiger partial charge on any atom is -0.507 e. The average Bonchev–Trinajstić information content (AvgIpc) is 2.94. The maximum Gasteiger partial charge on any atom is 0.210 e. The van der Waals surface area contributed by atoms with Crippen molar-refractivity contribution in [1.82, 2.24) is 4.98 Å². The van der Waals surface area contributed by atoms with E-state index in [0.717, 1.165) is 21.0 Å². The SMILES string of the molecule is Cc1ccc2sc(/N=C/c3cc4ccccc4cc3O)nc2c1. The normalized spacial score (nSPS) is 11.7. The van der Waals surface area contributed by atoms with E-state index in [4.69, 9.17) is 0 Å². The molecule has 0 aliphatic rings. The number of aromatic hydroxyl groups is 1. The van der Waals surface area contributed by atoms with Crippen molar-refractivity contribution in [2.24, 2.45) is 4.99 Å². The number of nitrogens with zero attached hydrogens (tertiary/aromatic N) is 2. The van der Waals surface area contributed by atoms with E-state index < -0.39 is 0 Å². The molecule has 0 spiro atoms. The molecule has 1 aromatic heterocycles. The molecule has 0 atom stereocenters. The molecular weight excluding hydrogens is 304 g/mol. The number of fused-ring (bicyclic) bond motifs is 2. The summed E-state index contributed by atoms with van der Waals surface area (Å²) < 4.78 is 1.12. The number of thiazole rings is 1. The Balaban J connectivity index is 1.73. The van der Waals surface area contributed by atoms with Gasteiger partial charge in [-0.15, -0.1) is 0 Å². The summed E-state index contributed by atoms with van der Waals surface area (Å²) in [5, 5.41) is 12.9. The molecule has 0 aliphatic heterocycles. The summed E-state index contributed by atoms with van der Waals surface area (Å²) in [6.07, 6.45) is 1.67. The maximum absolute atomic E-state index is 10.2. The van der Waals surface area contributed by atoms with Gasteiger partial charge >= 0.3 is 0 Å². The molecule has 4 rings (SSSR count). The molecule has 0 fully saturated rings. The van der Waals surface area contributed by atoms with Crippen LogP contribution in [0.15, 0.2) is 59.6 Å². The first-order valence-electron chi connectivity index (χ1n) is 7.32. The largest absolute Gasteiger partial charge is 0.507 e. The van der Waals surface area contributed by atoms with Crippen LogP contribution in [0.3, 0.4) is 0 Å². The van der Waals surface area contributed by atoms with Crippen LogP contribution in [0.1, 0.15) is 11.1 Å². The number of hydrogen-bond donors (Lipinski definition) is 1. The van der Waals surface area contributed by atoms with Crippen molar-refractivity contribution in [1.29, 1.82) is 0 Å². The molecule has 3 nitrogen and oxygen atoms in total. The molecule has 0 radical (unpaired) electrons. The first kappa shape index (κ1) is 13.9. The van der Waals surface area contributed by atoms with E-state index in [1.165, 1.54) is 5.56 Å². The van der Waals surface area contributed by atoms with E-state index in [1.54, 1.807) is 23.6 Å². The van der Waals surface area contributed by atoms with Crippen molar-refractivity contribution < 1.29 is 5.11 Å². The topological polar surface area (TPSA) is 45.5 Å². The standard InChI is InChI=1S/C19H14N2OS/c1-12-6-7-18-16(8-12)21-19(23-18)20-11-15-9-13-4-2-3-5-14(13)10-17(15)22/h2-11,22H,1H3/b20-11+. The molecule has 0 aliphatic carbocycles. The zero-order chi connectivity index (χ0) is 15.8. The van der Waals surface area contributed by atoms with Crippen LogP contribution in [0, 0.1) is 6.92 Å². The minimum absolute atomic E-state index is 0.226. The van der Waals surface area contributed by atoms with E-state index in [0.29, 0.717) is 10.7 Å². The number of aromatic nitrogens is 1. The van der Waals surface area contributed by atoms with E-state index in [2.05, 4.69) is 35.1 Å². The van der Waals surface area contributed by atoms with Crippen molar-refractivity contribution in [3.63, 3.8) is 0 Å². The van der Waals surface area contributed by atoms with Crippen LogP contribution in [0.4, 0.5) is 5.13 Å². The van der Waals surface area contributed by atoms with Crippen LogP contribution in [0.5, 0.6) is 5.75 Å². The number of rotatable bonds is 2. The fourth-order valence-corrected chi connectivity index (χ4v) is 3.35. The van der Waals surface area contributed by atoms with Crippen molar-refractivity contribution in [3.8, 4) is 5.75 Å². The van der Waals surface area contributed by atoms with Gasteiger partial charge < -0.3 is 5.11 Å². The lowest BCUT2D eigenvalue weighted by Crippen LogP contribution is -1.83. The van der Waals surface area contributed by atoms with E-state index in [1.807, 2.05) is 30.3 Å². The summed E-state index contributed by atoms with van der Waals surface area (Å²) in [7, 11) is 0. The molecule has 3 aromatic carbocycles. The third kappa shape index (κ3) is 2.69. The monoisotopic (exact) mass is 318 g/mol. The van der Waals surface area contributed by atoms with Gasteiger partial charge in [0.05, 0.1) is 10.2 Å². The second-order valence-corrected chi connectivity index (χ2v) is 6.49. The Morgan fingerprint density at radius 3 is 2.65 bits per heavy atom. The van der Waals surface area contributed by atoms with E-state index >= 15 is 0 Å². The van der Waals surface area contributed by atoms with Gasteiger partial charge in [-0.25, -0.2) is 9.98 Å². The molecule has 4 heteroatoms. The molecule has 4 aromatic rings. The Labute approximate surface area is 137 Å². The Hall–Kier alpha value is -2.72. The third-order valence-electron chi connectivity index (χ3n) is 3.74. The lowest BCUT2D eigenvalue weighted by molar-refractivity contribution is 0.475. The van der Waals surface area contributed by atoms with Crippen LogP contribution in [0.25, 0.3) is 21.0 Å². The Bertz CT molecular complexity index is 1050. The number of benzene rings is 3. The van der Waals surface area contributed by atoms with Gasteiger partial charge in [0.2, 0.25) is 5.13 Å². The van der Waals surface area contributed by atoms with Crippen molar-refractivity contribution in [2.75, 3.05) is 0 Å². The second-order valence-electron chi connectivity index (χ2n) is 5.48. The molecular formula is C19H14N2OS. The molecule has 23 heavy (non-hydrogen) atoms. The van der Waals surface area contributed by atoms with Crippen LogP contribution >= 0.6 is 11.3 Å². The highest BCUT2D eigenvalue weighted by Gasteiger charge is 2.04. The highest BCUT2D eigenvalue weighted by molar-refractivity contribution is 7.22. The third-order valence-corrected chi connectivity index (χ3v) is 4.69. The fourth-order valence-electron chi connectivity index (χ4n) is 2.55. The first-order chi connectivity index (χ1) is 11.2. The number of aryl methyl sites for hydroxylation is 1. The van der Waals surface area contributed by atoms with Crippen molar-refractivity contribution in [2.45, 2.75) is 6.92 Å². The number of hydrogen-bond acceptors (Lipinski definition) is 4. The molecule has 112 valence electrons. The van der Waals surface area contributed by atoms with Gasteiger partial charge in [0.15, 0.2) is 0 Å². The smallest absolute Gasteiger partial charge is 0.210 e. The fraction of sp³-hybridized carbons (Fsp3) is 0.0526. The number of phenols is 1. The number of phenolic OH excluding ortho intramolecular Hbond substituents is 1. The molecule has 1 heterocycles. The summed E-state index contributed by atoms with van der Waals surface area (Å²) >= 11 is 1.54. The number of aliphatic imine (C=N–C) groups is 1. The highest BCUT2D eigenvalue weighted by Crippen LogP contribution is 2.29. The second kappa shape index (κ2) is 5.48. The maximum atomic E-state index is 10.2. The zero-order valence-corrected chi connectivity index (χ0v) is 13.3. The Kier molecular flexibility index (Phi) is 3.32. The quantitative estimate of drug-likeness (QED) is 0.515. The van der Waals surface area contributed by atoms with Crippen LogP contribution in [-0.4, -0.2) is 16.3 Å². The molecule has 1 N–H and O–H groups in total. The van der Waals surface area contributed by atoms with Gasteiger partial charge in [0.25, 0.3) is 0 Å². The van der Waals surface area contributed by atoms with Crippen LogP contribution in [0.2, 0.25) is 0 Å². The van der Waals surface area contributed by atoms with Crippen molar-refractivity contribution in [3.05, 3.63) is 65.7 Å². The van der Waals surface area contributed by atoms with Gasteiger partial charge in [-0.2, -0.15) is 0 Å². The van der Waals surface area contributed by atoms with Crippen molar-refractivity contribution >= 4 is 43.7 Å². The lowest BCUT2D eigenvalue weighted by atomic mass is 10.1. The summed E-state index contributed by atoms with van der Waals surface area (Å²) in [5.41, 5.74) is 2.84. The predicted molar refractivity (Wildman–Crippen MR) is 97.2 cm³/mol. The molecule has 0 unspecified atom stereocenters. The summed E-state index contributed by atoms with van der Waals surface area (Å²) in [4.78, 5) is 8.95. The molecule has 0 saturated heterocycles. The predicted octanol–water partition coefficient (Wildman–Crippen LogP) is 5.21. The van der Waals surface area contributed by atoms with Crippen LogP contribution in [-0.2, 0) is 0 Å². The molecule has 0 saturated carbocycles. The molecule has 0 bridgehead atoms. The Morgan fingerprint density at radius 2 is 1.83 bits per heavy atom. The van der Waals surface area contributed by atoms with Gasteiger partial charge in [0.1, 0.15) is 5.75 Å². The first-order valence-corrected chi connectivity index (χ1v) is 8.14. The summed E-state index contributed by atoms with van der Waals surface area (Å²) in [6.45, 7) is 2.05. The van der Waals surface area contributed by atoms with Gasteiger partial charge in [0, 0.05) is 11.8 Å². The molecule has 0 amide bonds. The van der Waals surface area contributed by atoms with Gasteiger partial charge in [-0.3, -0.25) is 0 Å². The highest BCUT2D eigenvalue weighted by atomic mass is 32.1. The average molecular weight is 318 g/mol. The minimum atomic E-state index is 0.226. The zero-order valence-electron chi connectivity index (χ0n) is 12.5. The van der Waals surface area contributed by atoms with Gasteiger partial charge in [-0.1, -0.05) is 41.7 Å². The van der Waals surface area contributed by atoms with E-state index in [-0.39, 0.29) is 5.75 Å². The van der Waals surface area contributed by atoms with Crippen LogP contribution < -0.4 is 0 Å². The summed E-state index contributed by atoms with van der Waals surface area (Å²) in [6, 6.07) is 17.8. The van der Waals surface area contributed by atoms with Gasteiger partial charge in [-0.05, 0) is 47.5 Å².